The molecule has 0 unspecified atom stereocenters. The number of esters is 1. The minimum absolute atomic E-state index is 0.210. The van der Waals surface area contributed by atoms with Gasteiger partial charge in [-0.2, -0.15) is 0 Å². The van der Waals surface area contributed by atoms with Gasteiger partial charge in [0.05, 0.1) is 19.3 Å². The average Bonchev–Trinajstić information content (AvgIpc) is 2.40. The summed E-state index contributed by atoms with van der Waals surface area (Å²) >= 11 is 3.44. The van der Waals surface area contributed by atoms with Gasteiger partial charge in [-0.25, -0.2) is 0 Å². The van der Waals surface area contributed by atoms with Crippen LogP contribution in [0.4, 0.5) is 0 Å². The van der Waals surface area contributed by atoms with Crippen LogP contribution in [-0.2, 0) is 16.0 Å². The van der Waals surface area contributed by atoms with Crippen LogP contribution in [0, 0.1) is 5.92 Å². The van der Waals surface area contributed by atoms with Crippen molar-refractivity contribution in [2.24, 2.45) is 5.92 Å². The topological polar surface area (TPSA) is 52.6 Å². The highest BCUT2D eigenvalue weighted by atomic mass is 79.9. The molecule has 0 amide bonds. The smallest absolute Gasteiger partial charge is 0.316 e. The van der Waals surface area contributed by atoms with Crippen LogP contribution in [0.2, 0.25) is 0 Å². The molecule has 102 valence electrons. The van der Waals surface area contributed by atoms with Gasteiger partial charge in [0, 0.05) is 4.47 Å². The van der Waals surface area contributed by atoms with E-state index in [9.17, 15) is 9.59 Å². The van der Waals surface area contributed by atoms with Crippen molar-refractivity contribution in [1.82, 2.24) is 0 Å². The van der Waals surface area contributed by atoms with E-state index in [1.165, 1.54) is 7.11 Å². The minimum atomic E-state index is -0.712. The normalized spacial score (nSPS) is 17.8. The number of ketones is 1. The number of carbonyl (C=O) groups is 2. The average molecular weight is 327 g/mol. The van der Waals surface area contributed by atoms with Crippen molar-refractivity contribution in [3.63, 3.8) is 0 Å². The second-order valence-corrected chi connectivity index (χ2v) is 5.17. The van der Waals surface area contributed by atoms with Crippen molar-refractivity contribution >= 4 is 27.7 Å². The van der Waals surface area contributed by atoms with E-state index in [1.54, 1.807) is 13.0 Å². The molecule has 0 bridgehead atoms. The van der Waals surface area contributed by atoms with Crippen LogP contribution in [-0.4, -0.2) is 25.5 Å². The monoisotopic (exact) mass is 326 g/mol. The van der Waals surface area contributed by atoms with Crippen LogP contribution in [0.25, 0.3) is 0 Å². The Labute approximate surface area is 120 Å². The highest BCUT2D eigenvalue weighted by molar-refractivity contribution is 9.10. The maximum absolute atomic E-state index is 12.5. The molecular formula is C14H15BrO4. The van der Waals surface area contributed by atoms with Crippen LogP contribution in [0.3, 0.4) is 0 Å². The summed E-state index contributed by atoms with van der Waals surface area (Å²) in [5.74, 6) is -0.856. The largest absolute Gasteiger partial charge is 0.496 e. The molecule has 0 saturated heterocycles. The molecule has 0 fully saturated rings. The van der Waals surface area contributed by atoms with Crippen molar-refractivity contribution in [3.05, 3.63) is 27.7 Å². The zero-order valence-corrected chi connectivity index (χ0v) is 12.5. The van der Waals surface area contributed by atoms with Crippen molar-refractivity contribution in [1.29, 1.82) is 0 Å². The third-order valence-corrected chi connectivity index (χ3v) is 4.00. The zero-order valence-electron chi connectivity index (χ0n) is 10.9. The quantitative estimate of drug-likeness (QED) is 0.633. The predicted octanol–water partition coefficient (Wildman–Crippen LogP) is 2.77. The third-order valence-electron chi connectivity index (χ3n) is 3.25. The fourth-order valence-corrected chi connectivity index (χ4v) is 2.88. The van der Waals surface area contributed by atoms with E-state index in [4.69, 9.17) is 9.47 Å². The Kier molecular flexibility index (Phi) is 4.24. The first kappa shape index (κ1) is 14.1. The molecule has 1 aromatic rings. The van der Waals surface area contributed by atoms with Gasteiger partial charge in [-0.05, 0) is 37.5 Å². The maximum Gasteiger partial charge on any atom is 0.316 e. The molecule has 1 aromatic carbocycles. The molecule has 0 aliphatic heterocycles. The highest BCUT2D eigenvalue weighted by Crippen LogP contribution is 2.37. The lowest BCUT2D eigenvalue weighted by Gasteiger charge is -2.24. The number of Topliss-reactive ketones (excluding diaryl/α,β-unsaturated/α-hetero) is 1. The number of hydrogen-bond acceptors (Lipinski definition) is 4. The van der Waals surface area contributed by atoms with Gasteiger partial charge in [-0.3, -0.25) is 9.59 Å². The van der Waals surface area contributed by atoms with Gasteiger partial charge >= 0.3 is 5.97 Å². The van der Waals surface area contributed by atoms with E-state index >= 15 is 0 Å². The standard InChI is InChI=1S/C14H15BrO4/c1-3-19-14(17)9-5-4-8-10(15)6-7-11(18-2)12(8)13(9)16/h6-7,9H,3-5H2,1-2H3/t9-/m1/s1. The number of fused-ring (bicyclic) bond motifs is 1. The maximum atomic E-state index is 12.5. The first-order valence-corrected chi connectivity index (χ1v) is 6.95. The summed E-state index contributed by atoms with van der Waals surface area (Å²) in [6.45, 7) is 2.02. The van der Waals surface area contributed by atoms with Gasteiger partial charge in [0.25, 0.3) is 0 Å². The van der Waals surface area contributed by atoms with Gasteiger partial charge in [0.2, 0.25) is 0 Å². The van der Waals surface area contributed by atoms with Gasteiger partial charge in [-0.15, -0.1) is 0 Å². The Morgan fingerprint density at radius 1 is 1.47 bits per heavy atom. The summed E-state index contributed by atoms with van der Waals surface area (Å²) in [6.07, 6.45) is 1.14. The number of benzene rings is 1. The third kappa shape index (κ3) is 2.52. The molecule has 0 saturated carbocycles. The van der Waals surface area contributed by atoms with Crippen LogP contribution < -0.4 is 4.74 Å². The summed E-state index contributed by atoms with van der Waals surface area (Å²) < 4.78 is 11.1. The number of ether oxygens (including phenoxy) is 2. The second kappa shape index (κ2) is 5.74. The number of hydrogen-bond donors (Lipinski definition) is 0. The summed E-state index contributed by atoms with van der Waals surface area (Å²) in [5.41, 5.74) is 1.41. The lowest BCUT2D eigenvalue weighted by Crippen LogP contribution is -2.31. The lowest BCUT2D eigenvalue weighted by atomic mass is 9.82. The number of methoxy groups -OCH3 is 1. The van der Waals surface area contributed by atoms with Crippen LogP contribution in [0.15, 0.2) is 16.6 Å². The van der Waals surface area contributed by atoms with E-state index in [0.717, 1.165) is 10.0 Å². The summed E-state index contributed by atoms with van der Waals surface area (Å²) in [4.78, 5) is 24.3. The molecule has 2 rings (SSSR count). The molecule has 4 nitrogen and oxygen atoms in total. The SMILES string of the molecule is CCOC(=O)[C@@H]1CCc2c(Br)ccc(OC)c2C1=O. The van der Waals surface area contributed by atoms with E-state index in [1.807, 2.05) is 6.07 Å². The molecule has 1 atom stereocenters. The summed E-state index contributed by atoms with van der Waals surface area (Å²) in [7, 11) is 1.52. The van der Waals surface area contributed by atoms with Crippen molar-refractivity contribution in [2.75, 3.05) is 13.7 Å². The minimum Gasteiger partial charge on any atom is -0.496 e. The van der Waals surface area contributed by atoms with Crippen LogP contribution in [0.1, 0.15) is 29.3 Å². The molecule has 19 heavy (non-hydrogen) atoms. The zero-order chi connectivity index (χ0) is 14.0. The summed E-state index contributed by atoms with van der Waals surface area (Å²) in [5, 5.41) is 0. The van der Waals surface area contributed by atoms with Crippen molar-refractivity contribution < 1.29 is 19.1 Å². The van der Waals surface area contributed by atoms with E-state index in [2.05, 4.69) is 15.9 Å². The fraction of sp³-hybridized carbons (Fsp3) is 0.429. The second-order valence-electron chi connectivity index (χ2n) is 4.31. The molecule has 1 aliphatic rings. The van der Waals surface area contributed by atoms with E-state index in [0.29, 0.717) is 24.2 Å². The molecule has 0 radical (unpaired) electrons. The fourth-order valence-electron chi connectivity index (χ4n) is 2.35. The van der Waals surface area contributed by atoms with Crippen LogP contribution in [0.5, 0.6) is 5.75 Å². The van der Waals surface area contributed by atoms with E-state index in [-0.39, 0.29) is 12.4 Å². The predicted molar refractivity (Wildman–Crippen MR) is 73.5 cm³/mol. The number of rotatable bonds is 3. The lowest BCUT2D eigenvalue weighted by molar-refractivity contribution is -0.146. The Morgan fingerprint density at radius 3 is 2.84 bits per heavy atom. The Balaban J connectivity index is 2.42. The first-order chi connectivity index (χ1) is 9.10. The number of halogens is 1. The molecule has 0 aromatic heterocycles. The van der Waals surface area contributed by atoms with Gasteiger partial charge < -0.3 is 9.47 Å². The van der Waals surface area contributed by atoms with Gasteiger partial charge in [0.15, 0.2) is 5.78 Å². The molecule has 0 heterocycles. The van der Waals surface area contributed by atoms with Gasteiger partial charge in [-0.1, -0.05) is 15.9 Å². The van der Waals surface area contributed by atoms with Crippen molar-refractivity contribution in [2.45, 2.75) is 19.8 Å². The molecule has 5 heteroatoms. The molecular weight excluding hydrogens is 312 g/mol. The Morgan fingerprint density at radius 2 is 2.21 bits per heavy atom. The highest BCUT2D eigenvalue weighted by Gasteiger charge is 2.36. The summed E-state index contributed by atoms with van der Waals surface area (Å²) in [6, 6.07) is 3.59. The Bertz CT molecular complexity index is 524. The molecule has 0 N–H and O–H groups in total. The molecule has 0 spiro atoms. The Hall–Kier alpha value is -1.36. The van der Waals surface area contributed by atoms with Crippen LogP contribution >= 0.6 is 15.9 Å². The van der Waals surface area contributed by atoms with E-state index < -0.39 is 11.9 Å². The number of carbonyl (C=O) groups excluding carboxylic acids is 2. The molecule has 1 aliphatic carbocycles. The first-order valence-electron chi connectivity index (χ1n) is 6.16. The van der Waals surface area contributed by atoms with Crippen molar-refractivity contribution in [3.8, 4) is 5.75 Å². The van der Waals surface area contributed by atoms with Gasteiger partial charge in [0.1, 0.15) is 11.7 Å².